The summed E-state index contributed by atoms with van der Waals surface area (Å²) in [5, 5.41) is 27.0. The predicted molar refractivity (Wildman–Crippen MR) is 103 cm³/mol. The van der Waals surface area contributed by atoms with Gasteiger partial charge in [-0.2, -0.15) is 18.3 Å². The molecule has 1 fully saturated rings. The van der Waals surface area contributed by atoms with Crippen LogP contribution in [-0.4, -0.2) is 58.1 Å². The van der Waals surface area contributed by atoms with Gasteiger partial charge < -0.3 is 19.7 Å². The summed E-state index contributed by atoms with van der Waals surface area (Å²) in [7, 11) is 1.26. The highest BCUT2D eigenvalue weighted by atomic mass is 35.5. The molecule has 9 nitrogen and oxygen atoms in total. The highest BCUT2D eigenvalue weighted by Crippen LogP contribution is 2.41. The first-order valence-corrected chi connectivity index (χ1v) is 9.51. The number of aliphatic hydroxyl groups is 2. The molecular weight excluding hydrogens is 466 g/mol. The first-order valence-electron chi connectivity index (χ1n) is 8.76. The highest BCUT2D eigenvalue weighted by Gasteiger charge is 2.47. The minimum atomic E-state index is -4.78. The van der Waals surface area contributed by atoms with Crippen molar-refractivity contribution in [2.24, 2.45) is 5.11 Å². The summed E-state index contributed by atoms with van der Waals surface area (Å²) in [5.74, 6) is 0. The van der Waals surface area contributed by atoms with E-state index in [1.807, 2.05) is 0 Å². The number of halogens is 5. The van der Waals surface area contributed by atoms with Crippen molar-refractivity contribution in [1.29, 1.82) is 0 Å². The molecule has 0 amide bonds. The zero-order valence-corrected chi connectivity index (χ0v) is 17.3. The van der Waals surface area contributed by atoms with Gasteiger partial charge >= 0.3 is 6.18 Å². The number of nitrogens with zero attached hydrogens (tertiary/aromatic N) is 5. The van der Waals surface area contributed by atoms with E-state index < -0.39 is 54.5 Å². The molecule has 0 radical (unpaired) electrons. The van der Waals surface area contributed by atoms with Crippen molar-refractivity contribution < 1.29 is 32.9 Å². The monoisotopic (exact) mass is 481 g/mol. The standard InChI is InChI=1S/C17H16Cl2F3N5O4/c1-30-16-13(25-26-23)14(29)12(6-28)31-15(16)10-2-3-24-27(10)11-5-9(19)8(18)4-7(11)17(20,21)22/h2-5,12-16,28-29H,6H2,1H3/t12?,13-,14-,15-,16?/m0/s1. The molecule has 0 spiro atoms. The Bertz CT molecular complexity index is 999. The Balaban J connectivity index is 2.17. The lowest BCUT2D eigenvalue weighted by Crippen LogP contribution is -2.55. The zero-order chi connectivity index (χ0) is 22.9. The summed E-state index contributed by atoms with van der Waals surface area (Å²) >= 11 is 11.7. The second-order valence-electron chi connectivity index (χ2n) is 6.61. The van der Waals surface area contributed by atoms with Gasteiger partial charge in [-0.25, -0.2) is 4.68 Å². The van der Waals surface area contributed by atoms with Crippen molar-refractivity contribution in [3.8, 4) is 5.69 Å². The second kappa shape index (κ2) is 9.21. The molecule has 168 valence electrons. The van der Waals surface area contributed by atoms with E-state index >= 15 is 0 Å². The number of hydrogen-bond donors (Lipinski definition) is 2. The Hall–Kier alpha value is -2.05. The van der Waals surface area contributed by atoms with Gasteiger partial charge in [0.2, 0.25) is 0 Å². The second-order valence-corrected chi connectivity index (χ2v) is 7.43. The van der Waals surface area contributed by atoms with E-state index in [1.165, 1.54) is 19.4 Å². The molecule has 0 saturated carbocycles. The summed E-state index contributed by atoms with van der Waals surface area (Å²) in [6.07, 6.45) is -8.39. The van der Waals surface area contributed by atoms with E-state index in [4.69, 9.17) is 38.2 Å². The van der Waals surface area contributed by atoms with Crippen LogP contribution in [0.3, 0.4) is 0 Å². The molecule has 3 rings (SSSR count). The summed E-state index contributed by atoms with van der Waals surface area (Å²) in [6.45, 7) is -0.639. The van der Waals surface area contributed by atoms with Gasteiger partial charge in [0.1, 0.15) is 18.3 Å². The number of rotatable bonds is 5. The highest BCUT2D eigenvalue weighted by molar-refractivity contribution is 6.42. The summed E-state index contributed by atoms with van der Waals surface area (Å²) in [6, 6.07) is 1.88. The van der Waals surface area contributed by atoms with Gasteiger partial charge in [-0.05, 0) is 23.7 Å². The number of hydrogen-bond acceptors (Lipinski definition) is 6. The molecule has 1 aliphatic rings. The van der Waals surface area contributed by atoms with E-state index in [-0.39, 0.29) is 15.7 Å². The summed E-state index contributed by atoms with van der Waals surface area (Å²) < 4.78 is 53.0. The fourth-order valence-electron chi connectivity index (χ4n) is 3.45. The minimum Gasteiger partial charge on any atom is -0.394 e. The zero-order valence-electron chi connectivity index (χ0n) is 15.7. The first-order chi connectivity index (χ1) is 14.6. The third-order valence-corrected chi connectivity index (χ3v) is 5.58. The van der Waals surface area contributed by atoms with Crippen LogP contribution < -0.4 is 0 Å². The number of benzene rings is 1. The van der Waals surface area contributed by atoms with E-state index in [0.717, 1.165) is 10.7 Å². The summed E-state index contributed by atoms with van der Waals surface area (Å²) in [5.41, 5.74) is 7.42. The molecule has 2 aromatic rings. The van der Waals surface area contributed by atoms with Crippen LogP contribution in [0.5, 0.6) is 0 Å². The molecule has 1 aromatic carbocycles. The van der Waals surface area contributed by atoms with Crippen LogP contribution in [0.1, 0.15) is 17.4 Å². The molecular formula is C17H16Cl2F3N5O4. The van der Waals surface area contributed by atoms with Gasteiger partial charge in [0.05, 0.1) is 45.7 Å². The van der Waals surface area contributed by atoms with Crippen LogP contribution in [-0.2, 0) is 15.7 Å². The lowest BCUT2D eigenvalue weighted by molar-refractivity contribution is -0.199. The predicted octanol–water partition coefficient (Wildman–Crippen LogP) is 3.68. The third kappa shape index (κ3) is 4.46. The molecule has 0 bridgehead atoms. The van der Waals surface area contributed by atoms with Crippen LogP contribution in [0.2, 0.25) is 10.0 Å². The van der Waals surface area contributed by atoms with Crippen LogP contribution in [0, 0.1) is 0 Å². The third-order valence-electron chi connectivity index (χ3n) is 4.86. The van der Waals surface area contributed by atoms with Crippen LogP contribution in [0.15, 0.2) is 29.5 Å². The van der Waals surface area contributed by atoms with Gasteiger partial charge in [0.15, 0.2) is 0 Å². The lowest BCUT2D eigenvalue weighted by atomic mass is 9.91. The fraction of sp³-hybridized carbons (Fsp3) is 0.471. The Morgan fingerprint density at radius 3 is 2.61 bits per heavy atom. The van der Waals surface area contributed by atoms with Crippen LogP contribution >= 0.6 is 23.2 Å². The average molecular weight is 482 g/mol. The topological polar surface area (TPSA) is 126 Å². The molecule has 1 saturated heterocycles. The SMILES string of the molecule is COC1[C@@H](N=[N+]=[N-])[C@@H](O)C(CO)O[C@H]1c1ccnn1-c1cc(Cl)c(Cl)cc1C(F)(F)F. The number of ether oxygens (including phenoxy) is 2. The number of azide groups is 1. The van der Waals surface area contributed by atoms with Crippen LogP contribution in [0.25, 0.3) is 16.1 Å². The van der Waals surface area contributed by atoms with Crippen molar-refractivity contribution in [3.63, 3.8) is 0 Å². The molecule has 1 aliphatic heterocycles. The van der Waals surface area contributed by atoms with Gasteiger partial charge in [-0.15, -0.1) is 0 Å². The number of methoxy groups -OCH3 is 1. The quantitative estimate of drug-likeness (QED) is 0.382. The largest absolute Gasteiger partial charge is 0.418 e. The van der Waals surface area contributed by atoms with Gasteiger partial charge in [0.25, 0.3) is 0 Å². The molecule has 2 N–H and O–H groups in total. The van der Waals surface area contributed by atoms with E-state index in [2.05, 4.69) is 15.1 Å². The Kier molecular flexibility index (Phi) is 7.01. The van der Waals surface area contributed by atoms with Crippen LogP contribution in [0.4, 0.5) is 13.2 Å². The smallest absolute Gasteiger partial charge is 0.394 e. The molecule has 14 heteroatoms. The number of aliphatic hydroxyl groups excluding tert-OH is 2. The normalized spacial score (nSPS) is 26.5. The van der Waals surface area contributed by atoms with Gasteiger partial charge in [-0.3, -0.25) is 0 Å². The fourth-order valence-corrected chi connectivity index (χ4v) is 3.78. The maximum Gasteiger partial charge on any atom is 0.418 e. The van der Waals surface area contributed by atoms with Crippen molar-refractivity contribution in [3.05, 3.63) is 56.1 Å². The van der Waals surface area contributed by atoms with Crippen molar-refractivity contribution in [2.45, 2.75) is 36.6 Å². The van der Waals surface area contributed by atoms with E-state index in [9.17, 15) is 23.4 Å². The minimum absolute atomic E-state index is 0.0826. The molecule has 5 atom stereocenters. The molecule has 0 aliphatic carbocycles. The Morgan fingerprint density at radius 1 is 1.35 bits per heavy atom. The van der Waals surface area contributed by atoms with E-state index in [1.54, 1.807) is 0 Å². The Morgan fingerprint density at radius 2 is 2.03 bits per heavy atom. The van der Waals surface area contributed by atoms with Crippen molar-refractivity contribution in [1.82, 2.24) is 9.78 Å². The Labute approximate surface area is 183 Å². The van der Waals surface area contributed by atoms with E-state index in [0.29, 0.717) is 6.07 Å². The molecule has 2 heterocycles. The summed E-state index contributed by atoms with van der Waals surface area (Å²) in [4.78, 5) is 2.69. The maximum atomic E-state index is 13.7. The lowest BCUT2D eigenvalue weighted by Gasteiger charge is -2.42. The molecule has 1 aromatic heterocycles. The maximum absolute atomic E-state index is 13.7. The first kappa shape index (κ1) is 23.6. The van der Waals surface area contributed by atoms with Crippen molar-refractivity contribution >= 4 is 23.2 Å². The van der Waals surface area contributed by atoms with Gasteiger partial charge in [0, 0.05) is 18.2 Å². The van der Waals surface area contributed by atoms with Gasteiger partial charge in [-0.1, -0.05) is 28.3 Å². The molecule has 2 unspecified atom stereocenters. The van der Waals surface area contributed by atoms with Crippen molar-refractivity contribution in [2.75, 3.05) is 13.7 Å². The molecule has 31 heavy (non-hydrogen) atoms. The number of aromatic nitrogens is 2. The average Bonchev–Trinajstić information content (AvgIpc) is 3.19. The number of alkyl halides is 3.